The molecule has 0 aliphatic carbocycles. The molecule has 19 heavy (non-hydrogen) atoms. The van der Waals surface area contributed by atoms with Crippen LogP contribution in [0.2, 0.25) is 0 Å². The van der Waals surface area contributed by atoms with Gasteiger partial charge in [-0.25, -0.2) is 8.78 Å². The van der Waals surface area contributed by atoms with Crippen molar-refractivity contribution < 1.29 is 13.6 Å². The minimum Gasteiger partial charge on any atom is -0.324 e. The number of anilines is 1. The van der Waals surface area contributed by atoms with Gasteiger partial charge in [0.1, 0.15) is 0 Å². The second-order valence-corrected chi connectivity index (χ2v) is 5.88. The molecule has 1 heterocycles. The Morgan fingerprint density at radius 3 is 2.37 bits per heavy atom. The van der Waals surface area contributed by atoms with Crippen LogP contribution in [-0.2, 0) is 4.79 Å². The van der Waals surface area contributed by atoms with Crippen molar-refractivity contribution in [1.82, 2.24) is 4.90 Å². The molecule has 0 radical (unpaired) electrons. The Bertz CT molecular complexity index is 488. The van der Waals surface area contributed by atoms with Crippen LogP contribution in [0.25, 0.3) is 0 Å². The fraction of sp³-hybridized carbons (Fsp3) is 0.462. The van der Waals surface area contributed by atoms with Gasteiger partial charge in [-0.1, -0.05) is 15.9 Å². The summed E-state index contributed by atoms with van der Waals surface area (Å²) in [7, 11) is 0. The highest BCUT2D eigenvalue weighted by atomic mass is 79.9. The molecule has 1 aliphatic heterocycles. The number of nitrogens with one attached hydrogen (secondary N) is 1. The quantitative estimate of drug-likeness (QED) is 0.922. The first-order valence-corrected chi connectivity index (χ1v) is 6.73. The van der Waals surface area contributed by atoms with E-state index in [0.717, 1.165) is 21.3 Å². The molecular formula is C13H15BrF2N2O. The van der Waals surface area contributed by atoms with E-state index in [0.29, 0.717) is 0 Å². The van der Waals surface area contributed by atoms with Crippen LogP contribution in [0, 0.1) is 13.8 Å². The monoisotopic (exact) mass is 332 g/mol. The van der Waals surface area contributed by atoms with Gasteiger partial charge in [0.15, 0.2) is 0 Å². The smallest absolute Gasteiger partial charge is 0.272 e. The van der Waals surface area contributed by atoms with Crippen molar-refractivity contribution in [2.24, 2.45) is 0 Å². The normalized spacial score (nSPS) is 17.9. The van der Waals surface area contributed by atoms with Crippen LogP contribution in [0.4, 0.5) is 14.5 Å². The van der Waals surface area contributed by atoms with Crippen LogP contribution in [-0.4, -0.2) is 36.4 Å². The summed E-state index contributed by atoms with van der Waals surface area (Å²) in [6.07, 6.45) is 0. The fourth-order valence-corrected chi connectivity index (χ4v) is 2.90. The van der Waals surface area contributed by atoms with E-state index in [9.17, 15) is 13.6 Å². The van der Waals surface area contributed by atoms with Crippen molar-refractivity contribution in [3.8, 4) is 0 Å². The Balaban J connectivity index is 1.96. The third-order valence-corrected chi connectivity index (χ3v) is 3.50. The van der Waals surface area contributed by atoms with E-state index in [2.05, 4.69) is 21.2 Å². The summed E-state index contributed by atoms with van der Waals surface area (Å²) in [5.41, 5.74) is 2.63. The predicted molar refractivity (Wildman–Crippen MR) is 73.6 cm³/mol. The van der Waals surface area contributed by atoms with E-state index in [-0.39, 0.29) is 25.5 Å². The molecular weight excluding hydrogens is 318 g/mol. The number of amides is 1. The van der Waals surface area contributed by atoms with E-state index < -0.39 is 5.92 Å². The summed E-state index contributed by atoms with van der Waals surface area (Å²) in [6.45, 7) is 3.12. The number of likely N-dealkylation sites (tertiary alicyclic amines) is 1. The van der Waals surface area contributed by atoms with Crippen molar-refractivity contribution in [2.45, 2.75) is 19.8 Å². The highest BCUT2D eigenvalue weighted by Gasteiger charge is 2.44. The summed E-state index contributed by atoms with van der Waals surface area (Å²) in [5.74, 6) is -2.90. The first-order chi connectivity index (χ1) is 8.77. The fourth-order valence-electron chi connectivity index (χ4n) is 2.21. The molecule has 104 valence electrons. The zero-order valence-electron chi connectivity index (χ0n) is 10.8. The molecule has 0 atom stereocenters. The third-order valence-electron chi connectivity index (χ3n) is 3.04. The van der Waals surface area contributed by atoms with E-state index in [4.69, 9.17) is 0 Å². The zero-order valence-corrected chi connectivity index (χ0v) is 12.4. The van der Waals surface area contributed by atoms with E-state index in [1.165, 1.54) is 4.90 Å². The predicted octanol–water partition coefficient (Wildman–Crippen LogP) is 2.96. The van der Waals surface area contributed by atoms with E-state index >= 15 is 0 Å². The second-order valence-electron chi connectivity index (χ2n) is 4.96. The third kappa shape index (κ3) is 3.51. The van der Waals surface area contributed by atoms with Gasteiger partial charge in [0.05, 0.1) is 19.6 Å². The van der Waals surface area contributed by atoms with E-state index in [1.54, 1.807) is 0 Å². The second kappa shape index (κ2) is 5.17. The number of benzene rings is 1. The Morgan fingerprint density at radius 1 is 1.37 bits per heavy atom. The largest absolute Gasteiger partial charge is 0.324 e. The number of hydrogen-bond acceptors (Lipinski definition) is 2. The summed E-state index contributed by atoms with van der Waals surface area (Å²) in [5, 5.41) is 2.79. The summed E-state index contributed by atoms with van der Waals surface area (Å²) >= 11 is 3.38. The molecule has 3 nitrogen and oxygen atoms in total. The number of carbonyl (C=O) groups excluding carboxylic acids is 1. The van der Waals surface area contributed by atoms with E-state index in [1.807, 2.05) is 26.0 Å². The highest BCUT2D eigenvalue weighted by molar-refractivity contribution is 9.10. The molecule has 0 saturated carbocycles. The molecule has 0 bridgehead atoms. The van der Waals surface area contributed by atoms with Gasteiger partial charge in [-0.15, -0.1) is 0 Å². The lowest BCUT2D eigenvalue weighted by Crippen LogP contribution is -2.57. The van der Waals surface area contributed by atoms with Gasteiger partial charge in [0, 0.05) is 10.2 Å². The van der Waals surface area contributed by atoms with Gasteiger partial charge in [-0.2, -0.15) is 0 Å². The SMILES string of the molecule is Cc1cc(Br)cc(C)c1NC(=O)CN1CC(F)(F)C1. The maximum absolute atomic E-state index is 12.7. The molecule has 1 aromatic rings. The van der Waals surface area contributed by atoms with Crippen LogP contribution < -0.4 is 5.32 Å². The molecule has 1 saturated heterocycles. The molecule has 1 N–H and O–H groups in total. The Morgan fingerprint density at radius 2 is 1.89 bits per heavy atom. The van der Waals surface area contributed by atoms with Crippen molar-refractivity contribution in [2.75, 3.05) is 25.0 Å². The Kier molecular flexibility index (Phi) is 3.92. The van der Waals surface area contributed by atoms with Gasteiger partial charge in [-0.3, -0.25) is 9.69 Å². The zero-order chi connectivity index (χ0) is 14.2. The highest BCUT2D eigenvalue weighted by Crippen LogP contribution is 2.27. The van der Waals surface area contributed by atoms with Gasteiger partial charge >= 0.3 is 0 Å². The molecule has 1 fully saturated rings. The number of alkyl halides is 2. The summed E-state index contributed by atoms with van der Waals surface area (Å²) < 4.78 is 26.3. The minimum absolute atomic E-state index is 0.00450. The first-order valence-electron chi connectivity index (χ1n) is 5.94. The molecule has 2 rings (SSSR count). The summed E-state index contributed by atoms with van der Waals surface area (Å²) in [6, 6.07) is 3.81. The first kappa shape index (κ1) is 14.4. The van der Waals surface area contributed by atoms with Gasteiger partial charge < -0.3 is 5.32 Å². The van der Waals surface area contributed by atoms with Crippen molar-refractivity contribution in [1.29, 1.82) is 0 Å². The van der Waals surface area contributed by atoms with Crippen LogP contribution in [0.5, 0.6) is 0 Å². The van der Waals surface area contributed by atoms with Gasteiger partial charge in [0.25, 0.3) is 5.92 Å². The van der Waals surface area contributed by atoms with Crippen molar-refractivity contribution in [3.05, 3.63) is 27.7 Å². The number of carbonyl (C=O) groups is 1. The average molecular weight is 333 g/mol. The number of nitrogens with zero attached hydrogens (tertiary/aromatic N) is 1. The Hall–Kier alpha value is -1.01. The van der Waals surface area contributed by atoms with Gasteiger partial charge in [-0.05, 0) is 37.1 Å². The topological polar surface area (TPSA) is 32.3 Å². The number of hydrogen-bond donors (Lipinski definition) is 1. The standard InChI is InChI=1S/C13H15BrF2N2O/c1-8-3-10(14)4-9(2)12(8)17-11(19)5-18-6-13(15,16)7-18/h3-4H,5-7H2,1-2H3,(H,17,19). The molecule has 0 unspecified atom stereocenters. The molecule has 0 spiro atoms. The summed E-state index contributed by atoms with van der Waals surface area (Å²) in [4.78, 5) is 13.2. The van der Waals surface area contributed by atoms with Crippen LogP contribution in [0.3, 0.4) is 0 Å². The van der Waals surface area contributed by atoms with Gasteiger partial charge in [0.2, 0.25) is 5.91 Å². The van der Waals surface area contributed by atoms with Crippen molar-refractivity contribution in [3.63, 3.8) is 0 Å². The lowest BCUT2D eigenvalue weighted by Gasteiger charge is -2.38. The van der Waals surface area contributed by atoms with Crippen LogP contribution >= 0.6 is 15.9 Å². The molecule has 1 aliphatic rings. The minimum atomic E-state index is -2.64. The number of aryl methyl sites for hydroxylation is 2. The lowest BCUT2D eigenvalue weighted by molar-refractivity contribution is -0.141. The van der Waals surface area contributed by atoms with Crippen LogP contribution in [0.1, 0.15) is 11.1 Å². The van der Waals surface area contributed by atoms with Crippen molar-refractivity contribution >= 4 is 27.5 Å². The Labute approximate surface area is 119 Å². The maximum atomic E-state index is 12.7. The molecule has 6 heteroatoms. The number of halogens is 3. The molecule has 1 amide bonds. The molecule has 1 aromatic carbocycles. The number of rotatable bonds is 3. The molecule has 0 aromatic heterocycles. The van der Waals surface area contributed by atoms with Crippen LogP contribution in [0.15, 0.2) is 16.6 Å². The maximum Gasteiger partial charge on any atom is 0.272 e. The lowest BCUT2D eigenvalue weighted by atomic mass is 10.1. The average Bonchev–Trinajstić information content (AvgIpc) is 2.20.